The maximum atomic E-state index is 12.3. The second-order valence-corrected chi connectivity index (χ2v) is 35.9. The summed E-state index contributed by atoms with van der Waals surface area (Å²) in [6.45, 7) is 40.6. The van der Waals surface area contributed by atoms with Gasteiger partial charge in [-0.05, 0) is 250 Å². The lowest BCUT2D eigenvalue weighted by Gasteiger charge is -2.34. The van der Waals surface area contributed by atoms with E-state index in [9.17, 15) is 77.3 Å². The van der Waals surface area contributed by atoms with Crippen LogP contribution in [0.15, 0.2) is 85.9 Å². The largest absolute Gasteiger partial charge is 0.380 e. The first-order valence-corrected chi connectivity index (χ1v) is 44.2. The number of allylic oxidation sites excluding steroid dienone is 7. The van der Waals surface area contributed by atoms with E-state index < -0.39 is 47.2 Å². The Balaban J connectivity index is 0.000000177. The molecule has 0 bridgehead atoms. The third-order valence-electron chi connectivity index (χ3n) is 25.9. The molecule has 3 aliphatic carbocycles. The smallest absolute Gasteiger partial charge is 0.252 e. The molecule has 34 heteroatoms. The minimum absolute atomic E-state index is 0.00309. The number of aliphatic hydroxyl groups is 2. The molecule has 11 atom stereocenters. The minimum atomic E-state index is -1.35. The molecule has 0 radical (unpaired) electrons. The molecule has 14 amide bonds. The quantitative estimate of drug-likeness (QED) is 0.119. The lowest BCUT2D eigenvalue weighted by Crippen LogP contribution is -2.58. The second kappa shape index (κ2) is 46.3. The van der Waals surface area contributed by atoms with E-state index in [2.05, 4.69) is 156 Å². The summed E-state index contributed by atoms with van der Waals surface area (Å²) < 4.78 is 0. The number of carbonyl (C=O) groups is 14. The molecule has 11 aliphatic heterocycles. The van der Waals surface area contributed by atoms with E-state index in [4.69, 9.17) is 0 Å². The highest BCUT2D eigenvalue weighted by Crippen LogP contribution is 2.39. The van der Waals surface area contributed by atoms with Crippen LogP contribution in [0.2, 0.25) is 0 Å². The number of rotatable bonds is 14. The Bertz CT molecular complexity index is 3740. The third-order valence-corrected chi connectivity index (χ3v) is 25.9. The summed E-state index contributed by atoms with van der Waals surface area (Å²) in [5, 5.41) is 71.3. The normalized spacial score (nSPS) is 29.0. The zero-order valence-electron chi connectivity index (χ0n) is 72.3. The van der Waals surface area contributed by atoms with Crippen LogP contribution in [0, 0.1) is 40.4 Å². The van der Waals surface area contributed by atoms with Crippen LogP contribution < -0.4 is 95.7 Å². The van der Waals surface area contributed by atoms with E-state index in [1.807, 2.05) is 13.8 Å². The Morgan fingerprint density at radius 3 is 0.885 bits per heavy atom. The molecule has 14 aliphatic rings. The van der Waals surface area contributed by atoms with Crippen LogP contribution in [-0.2, 0) is 67.1 Å². The van der Waals surface area contributed by atoms with E-state index in [1.54, 1.807) is 0 Å². The fraction of sp³-hybridized carbons (Fsp3) is 0.682. The van der Waals surface area contributed by atoms with Crippen molar-refractivity contribution in [1.29, 1.82) is 0 Å². The van der Waals surface area contributed by atoms with Crippen molar-refractivity contribution >= 4 is 82.7 Å². The third kappa shape index (κ3) is 29.4. The lowest BCUT2D eigenvalue weighted by atomic mass is 9.80. The zero-order chi connectivity index (χ0) is 89.1. The molecule has 0 aromatic heterocycles. The number of carbonyl (C=O) groups excluding carboxylic acids is 14. The lowest BCUT2D eigenvalue weighted by molar-refractivity contribution is -0.145. The van der Waals surface area contributed by atoms with E-state index in [-0.39, 0.29) is 118 Å². The molecule has 14 fully saturated rings. The molecule has 0 spiro atoms. The Kier molecular flexibility index (Phi) is 37.2. The average Bonchev–Trinajstić information content (AvgIpc) is 1.82. The predicted octanol–water partition coefficient (Wildman–Crippen LogP) is 2.34. The zero-order valence-corrected chi connectivity index (χ0v) is 72.3. The fourth-order valence-electron chi connectivity index (χ4n) is 17.3. The molecule has 0 aromatic rings. The first-order valence-electron chi connectivity index (χ1n) is 44.2. The standard InChI is InChI=1S/2C13H21N3O2.2C13H20N2O2.C12H19N3O3.C12H19N3O2.C12H18N2O3/c1-9-3-4-10(11(17)15-9)16-12(18)13(2)5-7-14-8-6-13;1-8-7-14-6-5-10(8)12(17)16-11-4-3-9(2)15-13(11)18;1-9-5-6-10(11(16)14-9)15-12(17)13(2)7-3-4-8-13;1-8-4-3-5-10(8)12(16)15-11-7-6-9(2)14-13(11)17;1-8-2-3-9(10(16)14-8)15-11(17)12(18)4-6-13-7-5-12;1-8-2-3-10(12(17)14-8)15-11(16)9-4-6-13-7-5-9;1-8-4-5-9(10(15)13-8)14-11(16)12(17)6-2-3-7-12/h10,14H,1,3-8H2,2H3,(H,15,17)(H,16,18);8,10-11,14H,2-7H2,1H3,(H,15,18)(H,16,17);10H,1,3-8H2,2H3,(H,14,16)(H,15,17);8,10-11H,2-7H2,1H3,(H,14,17)(H,15,16);9,13,18H,1-7H2,(H,14,16)(H,15,17);9-10,13H,1-7H2,(H,14,17)(H,15,16);9,17H,1-7H2,(H,13,15)(H,14,16). The second-order valence-electron chi connectivity index (χ2n) is 35.9. The maximum Gasteiger partial charge on any atom is 0.252 e. The van der Waals surface area contributed by atoms with Crippen molar-refractivity contribution in [2.45, 2.75) is 287 Å². The molecule has 11 heterocycles. The number of hydrogen-bond donors (Lipinski definition) is 20. The molecular formula is C88H138N18O16. The van der Waals surface area contributed by atoms with Crippen LogP contribution in [0.4, 0.5) is 0 Å². The summed E-state index contributed by atoms with van der Waals surface area (Å²) in [6, 6.07) is -3.06. The number of nitrogens with one attached hydrogen (secondary N) is 18. The molecule has 122 heavy (non-hydrogen) atoms. The molecule has 3 saturated carbocycles. The van der Waals surface area contributed by atoms with Gasteiger partial charge in [0.2, 0.25) is 70.9 Å². The van der Waals surface area contributed by atoms with E-state index in [0.29, 0.717) is 120 Å². The van der Waals surface area contributed by atoms with Crippen LogP contribution in [0.1, 0.15) is 233 Å². The number of piperidine rings is 11. The minimum Gasteiger partial charge on any atom is -0.380 e. The highest BCUT2D eigenvalue weighted by Gasteiger charge is 2.45. The van der Waals surface area contributed by atoms with Gasteiger partial charge in [0.15, 0.2) is 0 Å². The van der Waals surface area contributed by atoms with Gasteiger partial charge >= 0.3 is 0 Å². The van der Waals surface area contributed by atoms with Gasteiger partial charge in [-0.1, -0.05) is 93.0 Å². The van der Waals surface area contributed by atoms with Crippen molar-refractivity contribution in [3.63, 3.8) is 0 Å². The van der Waals surface area contributed by atoms with Gasteiger partial charge in [-0.3, -0.25) is 67.1 Å². The topological polar surface area (TPSA) is 496 Å². The fourth-order valence-corrected chi connectivity index (χ4v) is 17.3. The van der Waals surface area contributed by atoms with Gasteiger partial charge in [0, 0.05) is 68.5 Å². The van der Waals surface area contributed by atoms with Gasteiger partial charge in [-0.2, -0.15) is 0 Å². The van der Waals surface area contributed by atoms with Gasteiger partial charge < -0.3 is 106 Å². The monoisotopic (exact) mass is 1700 g/mol. The summed E-state index contributed by atoms with van der Waals surface area (Å²) in [5.74, 6) is -1.01. The predicted molar refractivity (Wildman–Crippen MR) is 459 cm³/mol. The Hall–Kier alpha value is -9.48. The van der Waals surface area contributed by atoms with Crippen molar-refractivity contribution < 1.29 is 77.3 Å². The van der Waals surface area contributed by atoms with Crippen molar-refractivity contribution in [2.24, 2.45) is 40.4 Å². The molecule has 676 valence electrons. The highest BCUT2D eigenvalue weighted by molar-refractivity contribution is 5.96. The summed E-state index contributed by atoms with van der Waals surface area (Å²) in [5.41, 5.74) is 1.82. The van der Waals surface area contributed by atoms with E-state index in [0.717, 1.165) is 190 Å². The Labute approximate surface area is 717 Å². The van der Waals surface area contributed by atoms with E-state index in [1.165, 1.54) is 0 Å². The SMILES string of the molecule is C=C1CCC(NC(=O)C2(C)CCCC2)C(=O)N1.C=C1CCC(NC(=O)C2(C)CCNCC2)C(=O)N1.C=C1CCC(NC(=O)C2(O)CCCC2)C(=O)N1.C=C1CCC(NC(=O)C2(O)CCNCC2)C(=O)N1.C=C1CCC(NC(=O)C2CCCC2C)C(=O)N1.C=C1CCC(NC(=O)C2CCNCC2)C(=O)N1.C=C1CCC(NC(=O)C2CCNCC2C)C(=O)N1. The van der Waals surface area contributed by atoms with Gasteiger partial charge in [0.1, 0.15) is 53.5 Å². The van der Waals surface area contributed by atoms with Crippen molar-refractivity contribution in [3.05, 3.63) is 85.9 Å². The first-order chi connectivity index (χ1) is 57.9. The van der Waals surface area contributed by atoms with Gasteiger partial charge in [0.25, 0.3) is 11.8 Å². The molecular weight excluding hydrogens is 1570 g/mol. The summed E-state index contributed by atoms with van der Waals surface area (Å²) in [7, 11) is 0. The van der Waals surface area contributed by atoms with Crippen LogP contribution >= 0.6 is 0 Å². The molecule has 11 saturated heterocycles. The van der Waals surface area contributed by atoms with Gasteiger partial charge in [-0.15, -0.1) is 0 Å². The first kappa shape index (κ1) is 98.0. The van der Waals surface area contributed by atoms with Crippen LogP contribution in [0.25, 0.3) is 0 Å². The van der Waals surface area contributed by atoms with Crippen LogP contribution in [0.5, 0.6) is 0 Å². The van der Waals surface area contributed by atoms with Crippen molar-refractivity contribution in [2.75, 3.05) is 52.4 Å². The maximum absolute atomic E-state index is 12.3. The van der Waals surface area contributed by atoms with Crippen molar-refractivity contribution in [3.8, 4) is 0 Å². The van der Waals surface area contributed by atoms with Crippen LogP contribution in [0.3, 0.4) is 0 Å². The summed E-state index contributed by atoms with van der Waals surface area (Å²) in [4.78, 5) is 166. The van der Waals surface area contributed by atoms with E-state index >= 15 is 0 Å². The van der Waals surface area contributed by atoms with Gasteiger partial charge in [-0.25, -0.2) is 0 Å². The van der Waals surface area contributed by atoms with Crippen molar-refractivity contribution in [1.82, 2.24) is 95.7 Å². The molecule has 0 aromatic carbocycles. The molecule has 11 unspecified atom stereocenters. The van der Waals surface area contributed by atoms with Gasteiger partial charge in [0.05, 0.1) is 0 Å². The molecule has 34 nitrogen and oxygen atoms in total. The molecule has 20 N–H and O–H groups in total. The summed E-state index contributed by atoms with van der Waals surface area (Å²) >= 11 is 0. The average molecular weight is 1700 g/mol. The number of amides is 14. The Morgan fingerprint density at radius 2 is 0.566 bits per heavy atom. The van der Waals surface area contributed by atoms with Crippen LogP contribution in [-0.4, -0.2) is 199 Å². The number of hydrogen-bond acceptors (Lipinski definition) is 20. The Morgan fingerprint density at radius 1 is 0.295 bits per heavy atom. The highest BCUT2D eigenvalue weighted by atomic mass is 16.3. The summed E-state index contributed by atoms with van der Waals surface area (Å²) in [6.07, 6.45) is 24.2. The molecule has 14 rings (SSSR count).